The van der Waals surface area contributed by atoms with Crippen LogP contribution in [0.5, 0.6) is 5.75 Å². The van der Waals surface area contributed by atoms with Crippen LogP contribution in [0.15, 0.2) is 65.7 Å². The number of ether oxygens (including phenoxy) is 1. The molecule has 63 heavy (non-hydrogen) atoms. The summed E-state index contributed by atoms with van der Waals surface area (Å²) in [7, 11) is -3.58. The molecule has 15 nitrogen and oxygen atoms in total. The number of amides is 3. The van der Waals surface area contributed by atoms with Gasteiger partial charge in [0.05, 0.1) is 33.8 Å². The largest absolute Gasteiger partial charge is 0.489 e. The Morgan fingerprint density at radius 3 is 2.37 bits per heavy atom. The van der Waals surface area contributed by atoms with E-state index in [0.717, 1.165) is 81.0 Å². The highest BCUT2D eigenvalue weighted by molar-refractivity contribution is 7.92. The maximum Gasteiger partial charge on any atom is 0.255 e. The van der Waals surface area contributed by atoms with Gasteiger partial charge in [0.2, 0.25) is 17.8 Å². The highest BCUT2D eigenvalue weighted by Gasteiger charge is 2.39. The standard InChI is InChI=1S/C46H56ClN9O6S/c1-28(2)62-40-24-39(30(5)22-37(40)50-46-48-25-35(47)43(52-46)49-36-8-6-7-9-41(36)63(60,61)29(3)4)55-16-14-33(15-17-55)54-20-18-53(19-21-54)26-31-10-11-34-32(23-31)27-56(45(34)59)38-12-13-42(57)51-44(38)58/h6-11,22-25,28-29,33,38H,12-21,26-27H2,1-5H3,(H,51,57,58)(H2,48,49,50,52). The zero-order valence-corrected chi connectivity index (χ0v) is 38.1. The van der Waals surface area contributed by atoms with Gasteiger partial charge in [-0.05, 0) is 94.8 Å². The van der Waals surface area contributed by atoms with Crippen molar-refractivity contribution in [3.05, 3.63) is 88.1 Å². The fraction of sp³-hybridized carbons (Fsp3) is 0.457. The van der Waals surface area contributed by atoms with Gasteiger partial charge in [0, 0.05) is 82.1 Å². The zero-order valence-electron chi connectivity index (χ0n) is 36.5. The van der Waals surface area contributed by atoms with Gasteiger partial charge in [-0.25, -0.2) is 13.4 Å². The molecular formula is C46H56ClN9O6S. The fourth-order valence-electron chi connectivity index (χ4n) is 9.04. The van der Waals surface area contributed by atoms with Crippen LogP contribution in [0.1, 0.15) is 80.4 Å². The Morgan fingerprint density at radius 2 is 1.65 bits per heavy atom. The Kier molecular flexibility index (Phi) is 13.0. The van der Waals surface area contributed by atoms with Crippen molar-refractivity contribution in [2.45, 2.75) is 102 Å². The van der Waals surface area contributed by atoms with Crippen molar-refractivity contribution in [1.29, 1.82) is 0 Å². The van der Waals surface area contributed by atoms with Crippen molar-refractivity contribution >= 4 is 68.0 Å². The van der Waals surface area contributed by atoms with E-state index >= 15 is 0 Å². The van der Waals surface area contributed by atoms with Crippen molar-refractivity contribution in [3.8, 4) is 5.75 Å². The normalized spacial score (nSPS) is 19.2. The van der Waals surface area contributed by atoms with E-state index in [1.165, 1.54) is 6.20 Å². The number of nitrogens with zero attached hydrogens (tertiary/aromatic N) is 6. The fourth-order valence-corrected chi connectivity index (χ4v) is 10.4. The lowest BCUT2D eigenvalue weighted by atomic mass is 10.00. The maximum absolute atomic E-state index is 13.2. The number of carbonyl (C=O) groups is 3. The van der Waals surface area contributed by atoms with E-state index < -0.39 is 21.1 Å². The molecule has 1 atom stereocenters. The first-order valence-corrected chi connectivity index (χ1v) is 23.8. The molecule has 5 heterocycles. The van der Waals surface area contributed by atoms with Gasteiger partial charge in [0.1, 0.15) is 16.8 Å². The van der Waals surface area contributed by atoms with Crippen LogP contribution in [-0.4, -0.2) is 114 Å². The molecule has 3 aromatic carbocycles. The number of hydrogen-bond acceptors (Lipinski definition) is 13. The average molecular weight is 899 g/mol. The summed E-state index contributed by atoms with van der Waals surface area (Å²) in [5.74, 6) is 0.397. The van der Waals surface area contributed by atoms with Crippen LogP contribution in [-0.2, 0) is 32.5 Å². The molecule has 4 aromatic rings. The third-order valence-corrected chi connectivity index (χ3v) is 14.9. The monoisotopic (exact) mass is 897 g/mol. The van der Waals surface area contributed by atoms with E-state index in [1.807, 2.05) is 26.0 Å². The molecule has 0 spiro atoms. The maximum atomic E-state index is 13.2. The summed E-state index contributed by atoms with van der Waals surface area (Å²) >= 11 is 6.53. The van der Waals surface area contributed by atoms with Crippen LogP contribution in [0.3, 0.4) is 0 Å². The molecule has 4 aliphatic rings. The minimum atomic E-state index is -3.58. The quantitative estimate of drug-likeness (QED) is 0.126. The Morgan fingerprint density at radius 1 is 0.905 bits per heavy atom. The topological polar surface area (TPSA) is 169 Å². The molecule has 1 unspecified atom stereocenters. The number of piperidine rings is 2. The van der Waals surface area contributed by atoms with Crippen LogP contribution in [0.25, 0.3) is 0 Å². The SMILES string of the molecule is Cc1cc(Nc2ncc(Cl)c(Nc3ccccc3S(=O)(=O)C(C)C)n2)c(OC(C)C)cc1N1CCC(N2CCN(Cc3ccc4c(c3)CN(C3CCC(=O)NC3=O)C4=O)CC2)CC1. The molecule has 3 fully saturated rings. The first-order chi connectivity index (χ1) is 30.1. The molecule has 1 aromatic heterocycles. The highest BCUT2D eigenvalue weighted by atomic mass is 35.5. The van der Waals surface area contributed by atoms with Crippen LogP contribution in [0.4, 0.5) is 28.8 Å². The summed E-state index contributed by atoms with van der Waals surface area (Å²) in [6.45, 7) is 16.3. The van der Waals surface area contributed by atoms with Gasteiger partial charge in [-0.3, -0.25) is 29.5 Å². The second-order valence-corrected chi connectivity index (χ2v) is 20.3. The summed E-state index contributed by atoms with van der Waals surface area (Å²) in [5, 5.41) is 8.47. The summed E-state index contributed by atoms with van der Waals surface area (Å²) in [6.07, 6.45) is 4.10. The molecule has 3 N–H and O–H groups in total. The summed E-state index contributed by atoms with van der Waals surface area (Å²) in [4.78, 5) is 55.7. The number of hydrogen-bond donors (Lipinski definition) is 3. The number of rotatable bonds is 13. The van der Waals surface area contributed by atoms with Crippen molar-refractivity contribution < 1.29 is 27.5 Å². The van der Waals surface area contributed by atoms with Crippen LogP contribution < -0.4 is 25.6 Å². The molecule has 0 radical (unpaired) electrons. The third-order valence-electron chi connectivity index (χ3n) is 12.4. The van der Waals surface area contributed by atoms with Crippen LogP contribution in [0, 0.1) is 6.92 Å². The lowest BCUT2D eigenvalue weighted by Crippen LogP contribution is -2.53. The van der Waals surface area contributed by atoms with Gasteiger partial charge < -0.3 is 25.2 Å². The second kappa shape index (κ2) is 18.4. The highest BCUT2D eigenvalue weighted by Crippen LogP contribution is 2.38. The van der Waals surface area contributed by atoms with Gasteiger partial charge in [0.25, 0.3) is 5.91 Å². The molecule has 0 aliphatic carbocycles. The van der Waals surface area contributed by atoms with E-state index in [4.69, 9.17) is 16.3 Å². The average Bonchev–Trinajstić information content (AvgIpc) is 3.57. The van der Waals surface area contributed by atoms with Crippen LogP contribution >= 0.6 is 11.6 Å². The number of carbonyl (C=O) groups excluding carboxylic acids is 3. The molecule has 17 heteroatoms. The van der Waals surface area contributed by atoms with Crippen molar-refractivity contribution in [2.75, 3.05) is 54.8 Å². The smallest absolute Gasteiger partial charge is 0.255 e. The minimum Gasteiger partial charge on any atom is -0.489 e. The Bertz CT molecular complexity index is 2500. The van der Waals surface area contributed by atoms with E-state index in [-0.39, 0.29) is 51.9 Å². The number of aromatic nitrogens is 2. The summed E-state index contributed by atoms with van der Waals surface area (Å²) in [6, 6.07) is 16.8. The molecule has 334 valence electrons. The first-order valence-electron chi connectivity index (χ1n) is 21.8. The summed E-state index contributed by atoms with van der Waals surface area (Å²) in [5.41, 5.74) is 6.03. The van der Waals surface area contributed by atoms with Gasteiger partial charge in [-0.2, -0.15) is 4.98 Å². The number of fused-ring (bicyclic) bond motifs is 1. The molecule has 3 saturated heterocycles. The third kappa shape index (κ3) is 9.64. The van der Waals surface area contributed by atoms with Crippen LogP contribution in [0.2, 0.25) is 5.02 Å². The number of piperazine rings is 1. The van der Waals surface area contributed by atoms with Gasteiger partial charge >= 0.3 is 0 Å². The molecule has 4 aliphatic heterocycles. The van der Waals surface area contributed by atoms with Crippen molar-refractivity contribution in [3.63, 3.8) is 0 Å². The van der Waals surface area contributed by atoms with Gasteiger partial charge in [-0.1, -0.05) is 35.9 Å². The molecule has 0 saturated carbocycles. The number of nitrogens with one attached hydrogen (secondary N) is 3. The Balaban J connectivity index is 0.869. The lowest BCUT2D eigenvalue weighted by molar-refractivity contribution is -0.136. The number of sulfone groups is 1. The predicted octanol–water partition coefficient (Wildman–Crippen LogP) is 6.44. The number of imide groups is 1. The van der Waals surface area contributed by atoms with Gasteiger partial charge in [-0.15, -0.1) is 0 Å². The first kappa shape index (κ1) is 44.3. The number of halogens is 1. The van der Waals surface area contributed by atoms with Crippen molar-refractivity contribution in [2.24, 2.45) is 0 Å². The Hall–Kier alpha value is -5.29. The number of para-hydroxylation sites is 1. The lowest BCUT2D eigenvalue weighted by Gasteiger charge is -2.43. The van der Waals surface area contributed by atoms with Gasteiger partial charge in [0.15, 0.2) is 15.7 Å². The molecule has 3 amide bonds. The number of anilines is 5. The number of benzene rings is 3. The van der Waals surface area contributed by atoms with Crippen molar-refractivity contribution in [1.82, 2.24) is 30.0 Å². The summed E-state index contributed by atoms with van der Waals surface area (Å²) < 4.78 is 32.6. The molecule has 8 rings (SSSR count). The second-order valence-electron chi connectivity index (χ2n) is 17.5. The number of aryl methyl sites for hydroxylation is 1. The van der Waals surface area contributed by atoms with E-state index in [0.29, 0.717) is 41.7 Å². The van der Waals surface area contributed by atoms with E-state index in [1.54, 1.807) is 43.0 Å². The minimum absolute atomic E-state index is 0.0875. The van der Waals surface area contributed by atoms with E-state index in [2.05, 4.69) is 65.7 Å². The molecule has 0 bridgehead atoms. The molecular weight excluding hydrogens is 842 g/mol. The Labute approximate surface area is 374 Å². The van der Waals surface area contributed by atoms with E-state index in [9.17, 15) is 22.8 Å². The zero-order chi connectivity index (χ0) is 44.6. The predicted molar refractivity (Wildman–Crippen MR) is 244 cm³/mol.